The highest BCUT2D eigenvalue weighted by atomic mass is 19.1. The molecule has 3 aromatic rings. The number of carbonyl (C=O) groups excluding carboxylic acids is 1. The van der Waals surface area contributed by atoms with Crippen molar-refractivity contribution in [2.75, 3.05) is 6.54 Å². The predicted molar refractivity (Wildman–Crippen MR) is 105 cm³/mol. The van der Waals surface area contributed by atoms with Crippen LogP contribution in [0.15, 0.2) is 43.4 Å². The molecule has 2 heterocycles. The van der Waals surface area contributed by atoms with Crippen LogP contribution in [-0.4, -0.2) is 38.5 Å². The first-order chi connectivity index (χ1) is 14.0. The lowest BCUT2D eigenvalue weighted by molar-refractivity contribution is -0.137. The summed E-state index contributed by atoms with van der Waals surface area (Å²) in [5.74, 6) is -1.56. The van der Waals surface area contributed by atoms with Crippen LogP contribution in [0, 0.1) is 5.82 Å². The van der Waals surface area contributed by atoms with Crippen LogP contribution >= 0.6 is 0 Å². The van der Waals surface area contributed by atoms with Gasteiger partial charge in [-0.05, 0) is 24.1 Å². The number of halogens is 1. The van der Waals surface area contributed by atoms with Crippen LogP contribution in [0.1, 0.15) is 34.5 Å². The van der Waals surface area contributed by atoms with Crippen LogP contribution in [0.4, 0.5) is 4.39 Å². The fraction of sp³-hybridized carbons (Fsp3) is 0.200. The van der Waals surface area contributed by atoms with E-state index in [4.69, 9.17) is 5.11 Å². The number of carbonyl (C=O) groups is 2. The van der Waals surface area contributed by atoms with Crippen molar-refractivity contribution in [3.8, 4) is 0 Å². The van der Waals surface area contributed by atoms with E-state index in [9.17, 15) is 14.0 Å². The van der Waals surface area contributed by atoms with Crippen LogP contribution in [0.2, 0.25) is 0 Å². The van der Waals surface area contributed by atoms with Crippen LogP contribution in [-0.2, 0) is 11.3 Å². The molecule has 1 aromatic carbocycles. The lowest BCUT2D eigenvalue weighted by atomic mass is 10.2. The van der Waals surface area contributed by atoms with E-state index in [0.29, 0.717) is 41.0 Å². The smallest absolute Gasteiger partial charge is 0.303 e. The van der Waals surface area contributed by atoms with E-state index in [1.165, 1.54) is 24.7 Å². The van der Waals surface area contributed by atoms with E-state index in [0.717, 1.165) is 5.56 Å². The van der Waals surface area contributed by atoms with E-state index in [1.54, 1.807) is 12.1 Å². The van der Waals surface area contributed by atoms with Gasteiger partial charge in [0.25, 0.3) is 5.91 Å². The highest BCUT2D eigenvalue weighted by molar-refractivity contribution is 6.06. The summed E-state index contributed by atoms with van der Waals surface area (Å²) in [6.45, 7) is 4.67. The number of rotatable bonds is 9. The summed E-state index contributed by atoms with van der Waals surface area (Å²) in [7, 11) is 0. The second-order valence-electron chi connectivity index (χ2n) is 6.36. The molecule has 0 atom stereocenters. The molecule has 29 heavy (non-hydrogen) atoms. The number of aliphatic carboxylic acids is 1. The molecule has 9 heteroatoms. The molecule has 0 aliphatic heterocycles. The number of carboxylic acids is 1. The number of aromatic amines is 1. The molecule has 0 unspecified atom stereocenters. The van der Waals surface area contributed by atoms with Gasteiger partial charge in [-0.2, -0.15) is 0 Å². The molecule has 0 spiro atoms. The summed E-state index contributed by atoms with van der Waals surface area (Å²) in [6.07, 6.45) is 3.20. The molecule has 0 saturated carbocycles. The molecule has 0 bridgehead atoms. The number of hydrogen-bond acceptors (Lipinski definition) is 5. The van der Waals surface area contributed by atoms with Gasteiger partial charge in [-0.3, -0.25) is 9.59 Å². The SMILES string of the molecule is C=C(NCc1ccc(F)cc1)c1ncnc2c(C(=O)NCCCC(=O)O)c[nH]c12. The number of aromatic nitrogens is 3. The highest BCUT2D eigenvalue weighted by Gasteiger charge is 2.17. The maximum atomic E-state index is 13.0. The van der Waals surface area contributed by atoms with Gasteiger partial charge in [0.05, 0.1) is 16.8 Å². The predicted octanol–water partition coefficient (Wildman–Crippen LogP) is 2.45. The van der Waals surface area contributed by atoms with Crippen molar-refractivity contribution in [2.45, 2.75) is 19.4 Å². The van der Waals surface area contributed by atoms with Gasteiger partial charge in [-0.25, -0.2) is 14.4 Å². The van der Waals surface area contributed by atoms with Crippen LogP contribution in [0.5, 0.6) is 0 Å². The van der Waals surface area contributed by atoms with Crippen molar-refractivity contribution < 1.29 is 19.1 Å². The van der Waals surface area contributed by atoms with Crippen molar-refractivity contribution in [1.82, 2.24) is 25.6 Å². The van der Waals surface area contributed by atoms with Gasteiger partial charge in [-0.1, -0.05) is 18.7 Å². The summed E-state index contributed by atoms with van der Waals surface area (Å²) in [4.78, 5) is 34.3. The zero-order valence-electron chi connectivity index (χ0n) is 15.5. The average Bonchev–Trinajstić information content (AvgIpc) is 3.14. The molecule has 2 aromatic heterocycles. The first-order valence-electron chi connectivity index (χ1n) is 8.95. The number of fused-ring (bicyclic) bond motifs is 1. The summed E-state index contributed by atoms with van der Waals surface area (Å²) in [5, 5.41) is 14.5. The number of nitrogens with zero attached hydrogens (tertiary/aromatic N) is 2. The number of hydrogen-bond donors (Lipinski definition) is 4. The Hall–Kier alpha value is -3.75. The third-order valence-corrected chi connectivity index (χ3v) is 4.27. The monoisotopic (exact) mass is 397 g/mol. The van der Waals surface area contributed by atoms with E-state index >= 15 is 0 Å². The maximum Gasteiger partial charge on any atom is 0.303 e. The van der Waals surface area contributed by atoms with Gasteiger partial charge in [0, 0.05) is 25.7 Å². The number of H-pyrrole nitrogens is 1. The molecular formula is C20H20FN5O3. The molecule has 0 saturated heterocycles. The summed E-state index contributed by atoms with van der Waals surface area (Å²) in [6, 6.07) is 6.11. The van der Waals surface area contributed by atoms with Gasteiger partial charge in [0.2, 0.25) is 0 Å². The summed E-state index contributed by atoms with van der Waals surface area (Å²) < 4.78 is 13.0. The van der Waals surface area contributed by atoms with Crippen molar-refractivity contribution in [3.05, 3.63) is 66.0 Å². The van der Waals surface area contributed by atoms with Gasteiger partial charge >= 0.3 is 5.97 Å². The third-order valence-electron chi connectivity index (χ3n) is 4.27. The first-order valence-corrected chi connectivity index (χ1v) is 8.95. The lowest BCUT2D eigenvalue weighted by Crippen LogP contribution is -2.24. The lowest BCUT2D eigenvalue weighted by Gasteiger charge is -2.10. The topological polar surface area (TPSA) is 120 Å². The Labute approximate surface area is 165 Å². The Morgan fingerprint density at radius 1 is 1.17 bits per heavy atom. The molecule has 0 radical (unpaired) electrons. The standard InChI is InChI=1S/C20H20FN5O3/c1-12(23-9-13-4-6-14(21)7-5-13)17-19-18(26-11-25-17)15(10-24-19)20(29)22-8-2-3-16(27)28/h4-7,10-11,23-24H,1-3,8-9H2,(H,22,29)(H,27,28). The molecule has 150 valence electrons. The Morgan fingerprint density at radius 2 is 1.93 bits per heavy atom. The first kappa shape index (κ1) is 20.0. The zero-order valence-corrected chi connectivity index (χ0v) is 15.5. The molecule has 3 rings (SSSR count). The summed E-state index contributed by atoms with van der Waals surface area (Å²) in [5.41, 5.74) is 3.25. The fourth-order valence-corrected chi connectivity index (χ4v) is 2.77. The molecule has 8 nitrogen and oxygen atoms in total. The second kappa shape index (κ2) is 8.96. The Kier molecular flexibility index (Phi) is 6.18. The van der Waals surface area contributed by atoms with Gasteiger partial charge in [-0.15, -0.1) is 0 Å². The minimum atomic E-state index is -0.907. The highest BCUT2D eigenvalue weighted by Crippen LogP contribution is 2.21. The Balaban J connectivity index is 1.69. The minimum absolute atomic E-state index is 0.0139. The molecular weight excluding hydrogens is 377 g/mol. The van der Waals surface area contributed by atoms with E-state index in [-0.39, 0.29) is 24.7 Å². The summed E-state index contributed by atoms with van der Waals surface area (Å²) >= 11 is 0. The average molecular weight is 397 g/mol. The van der Waals surface area contributed by atoms with Crippen molar-refractivity contribution in [1.29, 1.82) is 0 Å². The molecule has 0 aliphatic carbocycles. The van der Waals surface area contributed by atoms with Crippen molar-refractivity contribution in [2.24, 2.45) is 0 Å². The normalized spacial score (nSPS) is 10.7. The van der Waals surface area contributed by atoms with E-state index < -0.39 is 5.97 Å². The minimum Gasteiger partial charge on any atom is -0.481 e. The van der Waals surface area contributed by atoms with Crippen molar-refractivity contribution >= 4 is 28.6 Å². The van der Waals surface area contributed by atoms with Crippen LogP contribution in [0.25, 0.3) is 16.7 Å². The number of carboxylic acid groups (broad SMARTS) is 1. The number of benzene rings is 1. The molecule has 1 amide bonds. The number of nitrogens with one attached hydrogen (secondary N) is 3. The van der Waals surface area contributed by atoms with Crippen LogP contribution < -0.4 is 10.6 Å². The fourth-order valence-electron chi connectivity index (χ4n) is 2.77. The maximum absolute atomic E-state index is 13.0. The quantitative estimate of drug-likeness (QED) is 0.412. The van der Waals surface area contributed by atoms with E-state index in [1.807, 2.05) is 0 Å². The third kappa shape index (κ3) is 4.95. The van der Waals surface area contributed by atoms with Gasteiger partial charge in [0.15, 0.2) is 0 Å². The second-order valence-corrected chi connectivity index (χ2v) is 6.36. The van der Waals surface area contributed by atoms with Gasteiger partial charge in [0.1, 0.15) is 23.4 Å². The van der Waals surface area contributed by atoms with E-state index in [2.05, 4.69) is 32.2 Å². The van der Waals surface area contributed by atoms with Crippen LogP contribution in [0.3, 0.4) is 0 Å². The molecule has 0 fully saturated rings. The zero-order chi connectivity index (χ0) is 20.8. The molecule has 4 N–H and O–H groups in total. The largest absolute Gasteiger partial charge is 0.481 e. The van der Waals surface area contributed by atoms with Gasteiger partial charge < -0.3 is 20.7 Å². The number of amides is 1. The Morgan fingerprint density at radius 3 is 2.66 bits per heavy atom. The Bertz CT molecular complexity index is 1050. The van der Waals surface area contributed by atoms with Crippen molar-refractivity contribution in [3.63, 3.8) is 0 Å². The molecule has 0 aliphatic rings.